The number of amides is 1. The number of ether oxygens (including phenoxy) is 1. The molecule has 10 heteroatoms. The summed E-state index contributed by atoms with van der Waals surface area (Å²) >= 11 is 0. The molecule has 0 saturated heterocycles. The third-order valence-corrected chi connectivity index (χ3v) is 7.75. The molecule has 3 aliphatic rings. The maximum absolute atomic E-state index is 14.5. The minimum absolute atomic E-state index is 0.0330. The fraction of sp³-hybridized carbons (Fsp3) is 0.143. The summed E-state index contributed by atoms with van der Waals surface area (Å²) in [5, 5.41) is 12.1. The maximum Gasteiger partial charge on any atom is 0.344 e. The monoisotopic (exact) mass is 508 g/mol. The Morgan fingerprint density at radius 2 is 1.58 bits per heavy atom. The predicted molar refractivity (Wildman–Crippen MR) is 133 cm³/mol. The zero-order valence-corrected chi connectivity index (χ0v) is 19.7. The molecule has 0 fully saturated rings. The van der Waals surface area contributed by atoms with Crippen LogP contribution >= 0.6 is 0 Å². The second-order valence-electron chi connectivity index (χ2n) is 9.33. The molecule has 2 aliphatic heterocycles. The largest absolute Gasteiger partial charge is 0.467 e. The third kappa shape index (κ3) is 2.20. The first kappa shape index (κ1) is 22.1. The topological polar surface area (TPSA) is 137 Å². The van der Waals surface area contributed by atoms with Gasteiger partial charge < -0.3 is 14.1 Å². The molecule has 0 N–H and O–H groups in total. The summed E-state index contributed by atoms with van der Waals surface area (Å²) < 4.78 is 11.9. The fourth-order valence-electron chi connectivity index (χ4n) is 6.25. The van der Waals surface area contributed by atoms with Crippen molar-refractivity contribution in [2.45, 2.75) is 17.9 Å². The lowest BCUT2D eigenvalue weighted by molar-refractivity contribution is -0.384. The number of carbonyl (C=O) groups excluding carboxylic acids is 3. The number of hydrogen-bond donors (Lipinski definition) is 0. The van der Waals surface area contributed by atoms with Crippen molar-refractivity contribution in [3.63, 3.8) is 0 Å². The Kier molecular flexibility index (Phi) is 4.07. The number of rotatable bonds is 2. The van der Waals surface area contributed by atoms with E-state index in [0.717, 1.165) is 6.07 Å². The zero-order valence-electron chi connectivity index (χ0n) is 19.7. The molecule has 1 atom stereocenters. The van der Waals surface area contributed by atoms with Crippen LogP contribution in [0.15, 0.2) is 75.9 Å². The van der Waals surface area contributed by atoms with Crippen molar-refractivity contribution in [3.05, 3.63) is 110 Å². The van der Waals surface area contributed by atoms with E-state index < -0.39 is 39.0 Å². The van der Waals surface area contributed by atoms with Gasteiger partial charge in [0.25, 0.3) is 11.3 Å². The van der Waals surface area contributed by atoms with E-state index in [-0.39, 0.29) is 56.9 Å². The standard InChI is InChI=1S/C28H16N2O8/c1-2-29-19-12-11-14(30(35)36)13-18(19)27(26(29)34)21-22(17-9-5-6-10-20(17)37-25(21)33)38-28(27)23(31)15-7-3-4-8-16(15)24(28)32/h3-13H,2H2,1H3/t27-/m0/s1. The number of benzene rings is 3. The van der Waals surface area contributed by atoms with Crippen LogP contribution in [0.3, 0.4) is 0 Å². The number of anilines is 1. The lowest BCUT2D eigenvalue weighted by atomic mass is 9.63. The van der Waals surface area contributed by atoms with Crippen LogP contribution in [0.5, 0.6) is 5.75 Å². The summed E-state index contributed by atoms with van der Waals surface area (Å²) in [7, 11) is 0. The van der Waals surface area contributed by atoms with E-state index in [2.05, 4.69) is 0 Å². The number of carbonyl (C=O) groups is 3. The number of fused-ring (bicyclic) bond motifs is 8. The number of nitrogens with zero attached hydrogens (tertiary/aromatic N) is 2. The Labute approximate surface area is 213 Å². The van der Waals surface area contributed by atoms with Crippen molar-refractivity contribution < 1.29 is 28.5 Å². The van der Waals surface area contributed by atoms with Crippen LogP contribution in [-0.4, -0.2) is 34.5 Å². The molecule has 4 aromatic rings. The quantitative estimate of drug-likeness (QED) is 0.173. The van der Waals surface area contributed by atoms with Gasteiger partial charge in [0, 0.05) is 41.1 Å². The SMILES string of the molecule is CCN1C(=O)[C@]2(c3cc([N+](=O)[O-])ccc31)c1c(c3ccccc3oc1=O)OC21C(=O)c2ccccc2C1=O. The summed E-state index contributed by atoms with van der Waals surface area (Å²) in [5.41, 5.74) is -6.16. The molecular weight excluding hydrogens is 492 g/mol. The highest BCUT2D eigenvalue weighted by molar-refractivity contribution is 6.38. The van der Waals surface area contributed by atoms with Gasteiger partial charge in [-0.15, -0.1) is 0 Å². The van der Waals surface area contributed by atoms with Gasteiger partial charge in [-0.25, -0.2) is 4.79 Å². The normalized spacial score (nSPS) is 20.2. The molecule has 7 rings (SSSR count). The van der Waals surface area contributed by atoms with Crippen LogP contribution in [-0.2, 0) is 10.2 Å². The highest BCUT2D eigenvalue weighted by atomic mass is 16.6. The molecular formula is C28H16N2O8. The Morgan fingerprint density at radius 1 is 0.921 bits per heavy atom. The van der Waals surface area contributed by atoms with Crippen molar-refractivity contribution in [3.8, 4) is 5.75 Å². The van der Waals surface area contributed by atoms with Crippen LogP contribution < -0.4 is 15.3 Å². The number of para-hydroxylation sites is 1. The first-order valence-corrected chi connectivity index (χ1v) is 11.8. The third-order valence-electron chi connectivity index (χ3n) is 7.75. The van der Waals surface area contributed by atoms with Gasteiger partial charge in [0.2, 0.25) is 17.5 Å². The van der Waals surface area contributed by atoms with Crippen molar-refractivity contribution in [1.82, 2.24) is 0 Å². The summed E-state index contributed by atoms with van der Waals surface area (Å²) in [5.74, 6) is -2.51. The second-order valence-corrected chi connectivity index (χ2v) is 9.33. The first-order chi connectivity index (χ1) is 18.3. The van der Waals surface area contributed by atoms with E-state index in [1.54, 1.807) is 37.3 Å². The summed E-state index contributed by atoms with van der Waals surface area (Å²) in [6, 6.07) is 16.2. The Hall–Kier alpha value is -5.12. The summed E-state index contributed by atoms with van der Waals surface area (Å²) in [4.78, 5) is 69.3. The average Bonchev–Trinajstić information content (AvgIpc) is 3.46. The van der Waals surface area contributed by atoms with Crippen LogP contribution in [0.2, 0.25) is 0 Å². The van der Waals surface area contributed by atoms with Crippen LogP contribution in [0.25, 0.3) is 11.0 Å². The lowest BCUT2D eigenvalue weighted by Gasteiger charge is -2.35. The Balaban J connectivity index is 1.71. The fourth-order valence-corrected chi connectivity index (χ4v) is 6.25. The van der Waals surface area contributed by atoms with Gasteiger partial charge in [-0.3, -0.25) is 24.5 Å². The van der Waals surface area contributed by atoms with Crippen molar-refractivity contribution in [2.75, 3.05) is 11.4 Å². The molecule has 3 heterocycles. The second kappa shape index (κ2) is 7.00. The van der Waals surface area contributed by atoms with E-state index in [9.17, 15) is 29.3 Å². The lowest BCUT2D eigenvalue weighted by Crippen LogP contribution is -2.64. The Bertz CT molecular complexity index is 1840. The number of Topliss-reactive ketones (excluding diaryl/α,β-unsaturated/α-hetero) is 2. The highest BCUT2D eigenvalue weighted by Crippen LogP contribution is 2.63. The number of ketones is 2. The van der Waals surface area contributed by atoms with Crippen LogP contribution in [0.4, 0.5) is 11.4 Å². The van der Waals surface area contributed by atoms with Crippen molar-refractivity contribution in [1.29, 1.82) is 0 Å². The van der Waals surface area contributed by atoms with E-state index in [1.165, 1.54) is 35.2 Å². The molecule has 0 saturated carbocycles. The molecule has 186 valence electrons. The molecule has 0 unspecified atom stereocenters. The van der Waals surface area contributed by atoms with Gasteiger partial charge in [0.05, 0.1) is 10.3 Å². The average molecular weight is 508 g/mol. The van der Waals surface area contributed by atoms with Crippen molar-refractivity contribution >= 4 is 39.8 Å². The molecule has 0 radical (unpaired) electrons. The van der Waals surface area contributed by atoms with Gasteiger partial charge in [0.15, 0.2) is 5.41 Å². The van der Waals surface area contributed by atoms with E-state index in [1.807, 2.05) is 0 Å². The minimum atomic E-state index is -2.54. The van der Waals surface area contributed by atoms with Crippen molar-refractivity contribution in [2.24, 2.45) is 0 Å². The molecule has 1 aliphatic carbocycles. The van der Waals surface area contributed by atoms with E-state index >= 15 is 0 Å². The molecule has 2 spiro atoms. The summed E-state index contributed by atoms with van der Waals surface area (Å²) in [6.45, 7) is 1.78. The number of hydrogen-bond acceptors (Lipinski definition) is 8. The number of nitro groups is 1. The molecule has 3 aromatic carbocycles. The molecule has 1 aromatic heterocycles. The molecule has 1 amide bonds. The van der Waals surface area contributed by atoms with Gasteiger partial charge in [-0.2, -0.15) is 0 Å². The minimum Gasteiger partial charge on any atom is -0.467 e. The first-order valence-electron chi connectivity index (χ1n) is 11.8. The maximum atomic E-state index is 14.5. The van der Waals surface area contributed by atoms with Crippen LogP contribution in [0, 0.1) is 10.1 Å². The summed E-state index contributed by atoms with van der Waals surface area (Å²) in [6.07, 6.45) is 0. The predicted octanol–water partition coefficient (Wildman–Crippen LogP) is 3.56. The van der Waals surface area contributed by atoms with Gasteiger partial charge in [-0.05, 0) is 25.1 Å². The van der Waals surface area contributed by atoms with Gasteiger partial charge in [0.1, 0.15) is 16.9 Å². The molecule has 38 heavy (non-hydrogen) atoms. The zero-order chi connectivity index (χ0) is 26.6. The molecule has 0 bridgehead atoms. The number of non-ortho nitro benzene ring substituents is 1. The number of likely N-dealkylation sites (N-methyl/N-ethyl adjacent to an activating group) is 1. The Morgan fingerprint density at radius 3 is 2.24 bits per heavy atom. The smallest absolute Gasteiger partial charge is 0.344 e. The number of nitro benzene ring substituents is 1. The van der Waals surface area contributed by atoms with E-state index in [0.29, 0.717) is 0 Å². The van der Waals surface area contributed by atoms with E-state index in [4.69, 9.17) is 9.15 Å². The van der Waals surface area contributed by atoms with Crippen LogP contribution in [0.1, 0.15) is 38.8 Å². The molecule has 10 nitrogen and oxygen atoms in total. The van der Waals surface area contributed by atoms with Gasteiger partial charge >= 0.3 is 5.63 Å². The highest BCUT2D eigenvalue weighted by Gasteiger charge is 2.80. The van der Waals surface area contributed by atoms with Gasteiger partial charge in [-0.1, -0.05) is 36.4 Å².